The number of nitrogens with one attached hydrogen (secondary N) is 1. The van der Waals surface area contributed by atoms with Gasteiger partial charge in [0.1, 0.15) is 5.82 Å². The summed E-state index contributed by atoms with van der Waals surface area (Å²) in [5, 5.41) is 18.4. The second kappa shape index (κ2) is 6.96. The molecule has 0 saturated heterocycles. The summed E-state index contributed by atoms with van der Waals surface area (Å²) in [6, 6.07) is 12.4. The van der Waals surface area contributed by atoms with Crippen LogP contribution in [0.2, 0.25) is 0 Å². The van der Waals surface area contributed by atoms with E-state index in [1.807, 2.05) is 17.5 Å². The van der Waals surface area contributed by atoms with Crippen LogP contribution in [0.5, 0.6) is 5.75 Å². The number of benzene rings is 1. The molecule has 0 aliphatic carbocycles. The van der Waals surface area contributed by atoms with Crippen molar-refractivity contribution in [1.29, 1.82) is 0 Å². The molecule has 3 aromatic heterocycles. The number of carbonyl (C=O) groups is 1. The van der Waals surface area contributed by atoms with Crippen LogP contribution in [0.25, 0.3) is 16.4 Å². The number of rotatable bonds is 4. The number of thiophene rings is 1. The minimum Gasteiger partial charge on any atom is -0.504 e. The number of hydrogen-bond donors (Lipinski definition) is 2. The van der Waals surface area contributed by atoms with E-state index in [4.69, 9.17) is 0 Å². The van der Waals surface area contributed by atoms with Crippen molar-refractivity contribution in [3.63, 3.8) is 0 Å². The first kappa shape index (κ1) is 16.9. The lowest BCUT2D eigenvalue weighted by Crippen LogP contribution is -2.15. The summed E-state index contributed by atoms with van der Waals surface area (Å²) >= 11 is 1.44. The molecule has 4 rings (SSSR count). The zero-order chi connectivity index (χ0) is 18.8. The molecule has 7 nitrogen and oxygen atoms in total. The van der Waals surface area contributed by atoms with Crippen LogP contribution in [0.15, 0.2) is 60.1 Å². The average Bonchev–Trinajstić information content (AvgIpc) is 3.33. The minimum atomic E-state index is -0.623. The maximum atomic E-state index is 13.3. The third-order valence-electron chi connectivity index (χ3n) is 3.64. The first-order chi connectivity index (χ1) is 13.1. The number of carbonyl (C=O) groups excluding carboxylic acids is 1. The number of pyridine rings is 1. The van der Waals surface area contributed by atoms with E-state index in [0.29, 0.717) is 11.5 Å². The fraction of sp³-hybridized carbons (Fsp3) is 0. The summed E-state index contributed by atoms with van der Waals surface area (Å²) < 4.78 is 14.7. The molecule has 0 spiro atoms. The van der Waals surface area contributed by atoms with Gasteiger partial charge in [0.2, 0.25) is 5.82 Å². The largest absolute Gasteiger partial charge is 0.504 e. The molecule has 0 fully saturated rings. The molecule has 0 aliphatic heterocycles. The standard InChI is InChI=1S/C18H12FN5O2S/c19-11-5-7-12(8-6-11)24-17(14-4-2-10-27-14)21-16(23-24)18(26)22-15-13(25)3-1-9-20-15/h1-10,25H,(H,20,22,26). The van der Waals surface area contributed by atoms with Crippen molar-refractivity contribution in [2.75, 3.05) is 5.32 Å². The van der Waals surface area contributed by atoms with Gasteiger partial charge in [0.15, 0.2) is 17.4 Å². The van der Waals surface area contributed by atoms with Crippen LogP contribution in [0.4, 0.5) is 10.2 Å². The van der Waals surface area contributed by atoms with E-state index >= 15 is 0 Å². The summed E-state index contributed by atoms with van der Waals surface area (Å²) in [5.74, 6) is -0.803. The van der Waals surface area contributed by atoms with Gasteiger partial charge in [-0.2, -0.15) is 0 Å². The van der Waals surface area contributed by atoms with Crippen molar-refractivity contribution in [3.05, 3.63) is 71.7 Å². The highest BCUT2D eigenvalue weighted by Crippen LogP contribution is 2.26. The molecule has 0 bridgehead atoms. The summed E-state index contributed by atoms with van der Waals surface area (Å²) in [4.78, 5) is 21.6. The summed E-state index contributed by atoms with van der Waals surface area (Å²) in [6.07, 6.45) is 1.44. The molecule has 0 aliphatic rings. The van der Waals surface area contributed by atoms with E-state index < -0.39 is 5.91 Å². The zero-order valence-electron chi connectivity index (χ0n) is 13.7. The topological polar surface area (TPSA) is 92.9 Å². The van der Waals surface area contributed by atoms with Crippen LogP contribution in [0, 0.1) is 5.82 Å². The predicted molar refractivity (Wildman–Crippen MR) is 98.5 cm³/mol. The molecular formula is C18H12FN5O2S. The van der Waals surface area contributed by atoms with Gasteiger partial charge in [-0.25, -0.2) is 19.0 Å². The van der Waals surface area contributed by atoms with E-state index in [1.165, 1.54) is 40.4 Å². The molecule has 4 aromatic rings. The van der Waals surface area contributed by atoms with Crippen molar-refractivity contribution in [2.24, 2.45) is 0 Å². The highest BCUT2D eigenvalue weighted by molar-refractivity contribution is 7.13. The Morgan fingerprint density at radius 1 is 1.15 bits per heavy atom. The number of nitrogens with zero attached hydrogens (tertiary/aromatic N) is 4. The molecule has 27 heavy (non-hydrogen) atoms. The fourth-order valence-electron chi connectivity index (χ4n) is 2.39. The Balaban J connectivity index is 1.74. The van der Waals surface area contributed by atoms with E-state index in [0.717, 1.165) is 4.88 Å². The first-order valence-corrected chi connectivity index (χ1v) is 8.72. The quantitative estimate of drug-likeness (QED) is 0.564. The van der Waals surface area contributed by atoms with E-state index in [9.17, 15) is 14.3 Å². The fourth-order valence-corrected chi connectivity index (χ4v) is 3.09. The minimum absolute atomic E-state index is 0.0123. The number of amides is 1. The lowest BCUT2D eigenvalue weighted by Gasteiger charge is -2.04. The van der Waals surface area contributed by atoms with Gasteiger partial charge in [-0.1, -0.05) is 6.07 Å². The van der Waals surface area contributed by atoms with Crippen LogP contribution in [-0.2, 0) is 0 Å². The van der Waals surface area contributed by atoms with Gasteiger partial charge in [-0.3, -0.25) is 4.79 Å². The molecular weight excluding hydrogens is 369 g/mol. The molecule has 1 amide bonds. The van der Waals surface area contributed by atoms with Crippen LogP contribution >= 0.6 is 11.3 Å². The van der Waals surface area contributed by atoms with Gasteiger partial charge in [0, 0.05) is 6.20 Å². The van der Waals surface area contributed by atoms with Gasteiger partial charge in [-0.05, 0) is 47.8 Å². The second-order valence-corrected chi connectivity index (χ2v) is 6.40. The average molecular weight is 381 g/mol. The molecule has 3 heterocycles. The number of aromatic hydroxyl groups is 1. The molecule has 0 unspecified atom stereocenters. The third-order valence-corrected chi connectivity index (χ3v) is 4.51. The van der Waals surface area contributed by atoms with Gasteiger partial charge in [0.25, 0.3) is 5.91 Å². The maximum Gasteiger partial charge on any atom is 0.296 e. The number of hydrogen-bond acceptors (Lipinski definition) is 6. The Bertz CT molecular complexity index is 1090. The summed E-state index contributed by atoms with van der Waals surface area (Å²) in [7, 11) is 0. The Morgan fingerprint density at radius 3 is 2.67 bits per heavy atom. The second-order valence-electron chi connectivity index (χ2n) is 5.45. The maximum absolute atomic E-state index is 13.3. The molecule has 0 atom stereocenters. The first-order valence-electron chi connectivity index (χ1n) is 7.84. The Hall–Kier alpha value is -3.59. The van der Waals surface area contributed by atoms with E-state index in [2.05, 4.69) is 20.4 Å². The van der Waals surface area contributed by atoms with E-state index in [1.54, 1.807) is 18.2 Å². The van der Waals surface area contributed by atoms with Crippen molar-refractivity contribution in [3.8, 4) is 22.1 Å². The number of anilines is 1. The number of aromatic nitrogens is 4. The van der Waals surface area contributed by atoms with Crippen LogP contribution in [0.1, 0.15) is 10.6 Å². The van der Waals surface area contributed by atoms with Crippen molar-refractivity contribution >= 4 is 23.1 Å². The highest BCUT2D eigenvalue weighted by Gasteiger charge is 2.20. The SMILES string of the molecule is O=C(Nc1ncccc1O)c1nc(-c2cccs2)n(-c2ccc(F)cc2)n1. The van der Waals surface area contributed by atoms with Crippen LogP contribution in [0.3, 0.4) is 0 Å². The van der Waals surface area contributed by atoms with Crippen molar-refractivity contribution in [2.45, 2.75) is 0 Å². The van der Waals surface area contributed by atoms with Crippen LogP contribution < -0.4 is 5.32 Å². The molecule has 0 saturated carbocycles. The predicted octanol–water partition coefficient (Wildman–Crippen LogP) is 3.49. The Morgan fingerprint density at radius 2 is 1.96 bits per heavy atom. The number of halogens is 1. The van der Waals surface area contributed by atoms with Gasteiger partial charge in [0.05, 0.1) is 10.6 Å². The lowest BCUT2D eigenvalue weighted by atomic mass is 10.3. The Labute approximate surface area is 156 Å². The zero-order valence-corrected chi connectivity index (χ0v) is 14.5. The normalized spacial score (nSPS) is 10.7. The molecule has 1 aromatic carbocycles. The van der Waals surface area contributed by atoms with Gasteiger partial charge < -0.3 is 10.4 Å². The van der Waals surface area contributed by atoms with Gasteiger partial charge >= 0.3 is 0 Å². The smallest absolute Gasteiger partial charge is 0.296 e. The van der Waals surface area contributed by atoms with Crippen molar-refractivity contribution in [1.82, 2.24) is 19.7 Å². The third kappa shape index (κ3) is 3.40. The molecule has 134 valence electrons. The summed E-state index contributed by atoms with van der Waals surface area (Å²) in [6.45, 7) is 0. The molecule has 9 heteroatoms. The van der Waals surface area contributed by atoms with Crippen LogP contribution in [-0.4, -0.2) is 30.8 Å². The monoisotopic (exact) mass is 381 g/mol. The summed E-state index contributed by atoms with van der Waals surface area (Å²) in [5.41, 5.74) is 0.562. The van der Waals surface area contributed by atoms with E-state index in [-0.39, 0.29) is 23.2 Å². The van der Waals surface area contributed by atoms with Crippen molar-refractivity contribution < 1.29 is 14.3 Å². The lowest BCUT2D eigenvalue weighted by molar-refractivity contribution is 0.101. The molecule has 0 radical (unpaired) electrons. The molecule has 2 N–H and O–H groups in total. The van der Waals surface area contributed by atoms with Gasteiger partial charge in [-0.15, -0.1) is 16.4 Å². The highest BCUT2D eigenvalue weighted by atomic mass is 32.1. The Kier molecular flexibility index (Phi) is 4.35.